The standard InChI is InChI=1S/C13H24O3/c1-15-11-16-10-5-3-2-4-7-12-8-6-9-13(12)14/h6,8,12-14H,2-5,7,9-11H2,1H3/t12-,13+/m1/s1. The summed E-state index contributed by atoms with van der Waals surface area (Å²) >= 11 is 0. The Morgan fingerprint density at radius 1 is 1.25 bits per heavy atom. The van der Waals surface area contributed by atoms with Gasteiger partial charge in [0, 0.05) is 19.6 Å². The molecule has 0 fully saturated rings. The summed E-state index contributed by atoms with van der Waals surface area (Å²) in [5.74, 6) is 0.407. The zero-order valence-electron chi connectivity index (χ0n) is 10.2. The molecule has 0 spiro atoms. The average molecular weight is 228 g/mol. The van der Waals surface area contributed by atoms with Gasteiger partial charge in [-0.25, -0.2) is 0 Å². The highest BCUT2D eigenvalue weighted by Crippen LogP contribution is 2.23. The van der Waals surface area contributed by atoms with E-state index in [-0.39, 0.29) is 6.10 Å². The molecule has 1 aliphatic rings. The van der Waals surface area contributed by atoms with E-state index in [2.05, 4.69) is 12.2 Å². The first-order chi connectivity index (χ1) is 7.84. The fourth-order valence-electron chi connectivity index (χ4n) is 2.06. The summed E-state index contributed by atoms with van der Waals surface area (Å²) in [5.41, 5.74) is 0. The van der Waals surface area contributed by atoms with Crippen molar-refractivity contribution in [2.75, 3.05) is 20.5 Å². The monoisotopic (exact) mass is 228 g/mol. The maximum Gasteiger partial charge on any atom is 0.146 e. The van der Waals surface area contributed by atoms with Crippen LogP contribution in [0.4, 0.5) is 0 Å². The zero-order chi connectivity index (χ0) is 11.6. The second kappa shape index (κ2) is 8.74. The van der Waals surface area contributed by atoms with Crippen molar-refractivity contribution in [3.8, 4) is 0 Å². The first-order valence-electron chi connectivity index (χ1n) is 6.26. The Morgan fingerprint density at radius 3 is 2.75 bits per heavy atom. The minimum Gasteiger partial charge on any atom is -0.392 e. The zero-order valence-corrected chi connectivity index (χ0v) is 10.2. The van der Waals surface area contributed by atoms with Crippen LogP contribution in [0.3, 0.4) is 0 Å². The van der Waals surface area contributed by atoms with Crippen molar-refractivity contribution in [1.29, 1.82) is 0 Å². The van der Waals surface area contributed by atoms with Gasteiger partial charge in [-0.05, 0) is 19.3 Å². The second-order valence-corrected chi connectivity index (χ2v) is 4.41. The van der Waals surface area contributed by atoms with Crippen LogP contribution < -0.4 is 0 Å². The molecule has 1 aliphatic carbocycles. The third-order valence-electron chi connectivity index (χ3n) is 3.03. The summed E-state index contributed by atoms with van der Waals surface area (Å²) in [7, 11) is 1.64. The van der Waals surface area contributed by atoms with E-state index in [0.29, 0.717) is 12.7 Å². The van der Waals surface area contributed by atoms with Gasteiger partial charge in [0.1, 0.15) is 6.79 Å². The van der Waals surface area contributed by atoms with Crippen LogP contribution in [0, 0.1) is 5.92 Å². The number of ether oxygens (including phenoxy) is 2. The van der Waals surface area contributed by atoms with Crippen molar-refractivity contribution < 1.29 is 14.6 Å². The molecule has 0 radical (unpaired) electrons. The highest BCUT2D eigenvalue weighted by molar-refractivity contribution is 5.01. The highest BCUT2D eigenvalue weighted by Gasteiger charge is 2.18. The predicted octanol–water partition coefficient (Wildman–Crippen LogP) is 2.49. The molecule has 0 amide bonds. The molecular weight excluding hydrogens is 204 g/mol. The molecule has 0 aliphatic heterocycles. The van der Waals surface area contributed by atoms with Gasteiger partial charge < -0.3 is 14.6 Å². The van der Waals surface area contributed by atoms with Crippen LogP contribution in [0.5, 0.6) is 0 Å². The largest absolute Gasteiger partial charge is 0.392 e. The second-order valence-electron chi connectivity index (χ2n) is 4.41. The number of aliphatic hydroxyl groups excluding tert-OH is 1. The van der Waals surface area contributed by atoms with Crippen molar-refractivity contribution in [3.05, 3.63) is 12.2 Å². The van der Waals surface area contributed by atoms with Crippen LogP contribution in [0.25, 0.3) is 0 Å². The van der Waals surface area contributed by atoms with E-state index < -0.39 is 0 Å². The van der Waals surface area contributed by atoms with E-state index in [1.54, 1.807) is 7.11 Å². The molecule has 0 saturated carbocycles. The van der Waals surface area contributed by atoms with Gasteiger partial charge in [0.2, 0.25) is 0 Å². The number of unbranched alkanes of at least 4 members (excludes halogenated alkanes) is 3. The maximum absolute atomic E-state index is 9.59. The van der Waals surface area contributed by atoms with Gasteiger partial charge in [-0.15, -0.1) is 0 Å². The Labute approximate surface area is 98.4 Å². The SMILES string of the molecule is COCOCCCCCC[C@@H]1C=CC[C@@H]1O. The molecule has 0 aromatic rings. The van der Waals surface area contributed by atoms with Gasteiger partial charge in [-0.3, -0.25) is 0 Å². The lowest BCUT2D eigenvalue weighted by Crippen LogP contribution is -2.12. The summed E-state index contributed by atoms with van der Waals surface area (Å²) in [4.78, 5) is 0. The first kappa shape index (κ1) is 13.7. The van der Waals surface area contributed by atoms with E-state index in [1.807, 2.05) is 0 Å². The van der Waals surface area contributed by atoms with Crippen LogP contribution in [-0.4, -0.2) is 31.7 Å². The third kappa shape index (κ3) is 5.64. The quantitative estimate of drug-likeness (QED) is 0.374. The summed E-state index contributed by atoms with van der Waals surface area (Å²) in [5, 5.41) is 9.59. The van der Waals surface area contributed by atoms with Crippen LogP contribution in [0.1, 0.15) is 38.5 Å². The highest BCUT2D eigenvalue weighted by atomic mass is 16.7. The Balaban J connectivity index is 1.83. The molecule has 16 heavy (non-hydrogen) atoms. The molecule has 0 saturated heterocycles. The normalized spacial score (nSPS) is 24.1. The molecule has 0 heterocycles. The molecule has 0 bridgehead atoms. The number of aliphatic hydroxyl groups is 1. The summed E-state index contributed by atoms with van der Waals surface area (Å²) < 4.78 is 10.00. The summed E-state index contributed by atoms with van der Waals surface area (Å²) in [6.07, 6.45) is 10.8. The molecule has 0 unspecified atom stereocenters. The minimum absolute atomic E-state index is 0.120. The van der Waals surface area contributed by atoms with Crippen LogP contribution >= 0.6 is 0 Å². The van der Waals surface area contributed by atoms with Crippen molar-refractivity contribution in [2.45, 2.75) is 44.6 Å². The molecule has 3 heteroatoms. The Kier molecular flexibility index (Phi) is 7.47. The van der Waals surface area contributed by atoms with Crippen LogP contribution in [0.15, 0.2) is 12.2 Å². The fraction of sp³-hybridized carbons (Fsp3) is 0.846. The predicted molar refractivity (Wildman–Crippen MR) is 64.2 cm³/mol. The number of rotatable bonds is 9. The van der Waals surface area contributed by atoms with E-state index >= 15 is 0 Å². The molecule has 3 nitrogen and oxygen atoms in total. The van der Waals surface area contributed by atoms with Gasteiger partial charge >= 0.3 is 0 Å². The number of hydrogen-bond acceptors (Lipinski definition) is 3. The van der Waals surface area contributed by atoms with Crippen molar-refractivity contribution >= 4 is 0 Å². The van der Waals surface area contributed by atoms with Crippen LogP contribution in [0.2, 0.25) is 0 Å². The minimum atomic E-state index is -0.120. The lowest BCUT2D eigenvalue weighted by molar-refractivity contribution is -0.0315. The van der Waals surface area contributed by atoms with Gasteiger partial charge in [-0.1, -0.05) is 31.4 Å². The Hall–Kier alpha value is -0.380. The Morgan fingerprint density at radius 2 is 2.06 bits per heavy atom. The molecule has 2 atom stereocenters. The number of methoxy groups -OCH3 is 1. The van der Waals surface area contributed by atoms with E-state index in [9.17, 15) is 5.11 Å². The molecule has 0 aromatic heterocycles. The Bertz CT molecular complexity index is 192. The topological polar surface area (TPSA) is 38.7 Å². The van der Waals surface area contributed by atoms with Crippen molar-refractivity contribution in [3.63, 3.8) is 0 Å². The molecule has 0 aromatic carbocycles. The summed E-state index contributed by atoms with van der Waals surface area (Å²) in [6.45, 7) is 1.19. The number of hydrogen-bond donors (Lipinski definition) is 1. The van der Waals surface area contributed by atoms with Crippen molar-refractivity contribution in [2.24, 2.45) is 5.92 Å². The molecule has 1 rings (SSSR count). The fourth-order valence-corrected chi connectivity index (χ4v) is 2.06. The lowest BCUT2D eigenvalue weighted by atomic mass is 9.98. The van der Waals surface area contributed by atoms with E-state index in [1.165, 1.54) is 19.3 Å². The summed E-state index contributed by atoms with van der Waals surface area (Å²) in [6, 6.07) is 0. The average Bonchev–Trinajstić information content (AvgIpc) is 2.68. The molecule has 94 valence electrons. The first-order valence-corrected chi connectivity index (χ1v) is 6.26. The third-order valence-corrected chi connectivity index (χ3v) is 3.03. The van der Waals surface area contributed by atoms with E-state index in [0.717, 1.165) is 25.9 Å². The van der Waals surface area contributed by atoms with Crippen molar-refractivity contribution in [1.82, 2.24) is 0 Å². The van der Waals surface area contributed by atoms with Gasteiger partial charge in [0.05, 0.1) is 6.10 Å². The van der Waals surface area contributed by atoms with Gasteiger partial charge in [0.15, 0.2) is 0 Å². The maximum atomic E-state index is 9.59. The molecule has 1 N–H and O–H groups in total. The van der Waals surface area contributed by atoms with Crippen LogP contribution in [-0.2, 0) is 9.47 Å². The molecular formula is C13H24O3. The smallest absolute Gasteiger partial charge is 0.146 e. The van der Waals surface area contributed by atoms with Gasteiger partial charge in [0.25, 0.3) is 0 Å². The van der Waals surface area contributed by atoms with Gasteiger partial charge in [-0.2, -0.15) is 0 Å². The van der Waals surface area contributed by atoms with E-state index in [4.69, 9.17) is 9.47 Å². The lowest BCUT2D eigenvalue weighted by Gasteiger charge is -2.12.